The highest BCUT2D eigenvalue weighted by Crippen LogP contribution is 2.29. The Hall–Kier alpha value is -0.570. The van der Waals surface area contributed by atoms with Crippen molar-refractivity contribution in [1.29, 1.82) is 0 Å². The monoisotopic (exact) mass is 266 g/mol. The summed E-state index contributed by atoms with van der Waals surface area (Å²) in [6.07, 6.45) is 2.62. The molecule has 1 aromatic rings. The Morgan fingerprint density at radius 2 is 1.89 bits per heavy atom. The number of hydrogen-bond donors (Lipinski definition) is 1. The van der Waals surface area contributed by atoms with E-state index in [1.54, 1.807) is 0 Å². The first kappa shape index (κ1) is 13.9. The third-order valence-corrected chi connectivity index (χ3v) is 3.91. The Bertz CT molecular complexity index is 373. The largest absolute Gasteiger partial charge is 0.313 e. The van der Waals surface area contributed by atoms with Gasteiger partial charge < -0.3 is 5.32 Å². The highest BCUT2D eigenvalue weighted by Gasteiger charge is 2.24. The quantitative estimate of drug-likeness (QED) is 0.878. The molecule has 0 aromatic heterocycles. The van der Waals surface area contributed by atoms with Crippen LogP contribution in [0.25, 0.3) is 0 Å². The van der Waals surface area contributed by atoms with E-state index in [0.29, 0.717) is 12.1 Å². The summed E-state index contributed by atoms with van der Waals surface area (Å²) in [5.41, 5.74) is 1.26. The van der Waals surface area contributed by atoms with E-state index in [1.807, 2.05) is 12.1 Å². The zero-order chi connectivity index (χ0) is 13.0. The molecule has 0 aliphatic carbocycles. The molecule has 2 nitrogen and oxygen atoms in total. The fourth-order valence-electron chi connectivity index (χ4n) is 2.58. The highest BCUT2D eigenvalue weighted by molar-refractivity contribution is 6.31. The molecule has 0 unspecified atom stereocenters. The van der Waals surface area contributed by atoms with Crippen molar-refractivity contribution in [2.45, 2.75) is 38.8 Å². The second-order valence-electron chi connectivity index (χ2n) is 5.34. The van der Waals surface area contributed by atoms with Gasteiger partial charge in [-0.2, -0.15) is 0 Å². The molecule has 2 rings (SSSR count). The van der Waals surface area contributed by atoms with Crippen LogP contribution in [0, 0.1) is 0 Å². The van der Waals surface area contributed by atoms with Crippen LogP contribution in [0.4, 0.5) is 0 Å². The summed E-state index contributed by atoms with van der Waals surface area (Å²) in [6, 6.07) is 9.16. The topological polar surface area (TPSA) is 15.3 Å². The first-order valence-corrected chi connectivity index (χ1v) is 7.28. The normalized spacial score (nSPS) is 18.4. The second-order valence-corrected chi connectivity index (χ2v) is 5.75. The summed E-state index contributed by atoms with van der Waals surface area (Å²) in [5, 5.41) is 4.44. The molecule has 1 heterocycles. The molecule has 1 N–H and O–H groups in total. The predicted molar refractivity (Wildman–Crippen MR) is 78.1 cm³/mol. The van der Waals surface area contributed by atoms with E-state index in [4.69, 9.17) is 11.6 Å². The molecule has 0 spiro atoms. The van der Waals surface area contributed by atoms with E-state index in [2.05, 4.69) is 36.2 Å². The van der Waals surface area contributed by atoms with Crippen LogP contribution in [-0.2, 0) is 0 Å². The van der Waals surface area contributed by atoms with Crippen molar-refractivity contribution in [3.05, 3.63) is 34.9 Å². The molecular weight excluding hydrogens is 244 g/mol. The summed E-state index contributed by atoms with van der Waals surface area (Å²) in [4.78, 5) is 2.55. The van der Waals surface area contributed by atoms with E-state index in [-0.39, 0.29) is 0 Å². The van der Waals surface area contributed by atoms with Gasteiger partial charge in [-0.1, -0.05) is 43.6 Å². The van der Waals surface area contributed by atoms with Gasteiger partial charge in [0.2, 0.25) is 0 Å². The van der Waals surface area contributed by atoms with E-state index in [0.717, 1.165) is 11.6 Å². The lowest BCUT2D eigenvalue weighted by Gasteiger charge is -2.29. The Morgan fingerprint density at radius 1 is 1.22 bits per heavy atom. The van der Waals surface area contributed by atoms with Gasteiger partial charge in [-0.3, -0.25) is 4.90 Å². The summed E-state index contributed by atoms with van der Waals surface area (Å²) >= 11 is 6.36. The number of benzene rings is 1. The van der Waals surface area contributed by atoms with Crippen LogP contribution in [0.2, 0.25) is 5.02 Å². The van der Waals surface area contributed by atoms with E-state index >= 15 is 0 Å². The molecule has 1 aliphatic heterocycles. The average molecular weight is 267 g/mol. The van der Waals surface area contributed by atoms with Gasteiger partial charge in [0, 0.05) is 23.7 Å². The van der Waals surface area contributed by atoms with Crippen molar-refractivity contribution in [2.24, 2.45) is 0 Å². The number of hydrogen-bond acceptors (Lipinski definition) is 2. The molecule has 1 aliphatic rings. The molecule has 1 fully saturated rings. The van der Waals surface area contributed by atoms with Gasteiger partial charge in [0.1, 0.15) is 0 Å². The molecule has 100 valence electrons. The first-order valence-electron chi connectivity index (χ1n) is 6.90. The van der Waals surface area contributed by atoms with Crippen molar-refractivity contribution in [2.75, 3.05) is 19.6 Å². The van der Waals surface area contributed by atoms with Gasteiger partial charge >= 0.3 is 0 Å². The summed E-state index contributed by atoms with van der Waals surface area (Å²) in [6.45, 7) is 7.73. The summed E-state index contributed by atoms with van der Waals surface area (Å²) < 4.78 is 0. The molecule has 1 saturated heterocycles. The van der Waals surface area contributed by atoms with E-state index in [9.17, 15) is 0 Å². The Kier molecular flexibility index (Phi) is 5.04. The van der Waals surface area contributed by atoms with Crippen LogP contribution in [0.3, 0.4) is 0 Å². The van der Waals surface area contributed by atoms with Gasteiger partial charge in [0.25, 0.3) is 0 Å². The number of nitrogens with one attached hydrogen (secondary N) is 1. The predicted octanol–water partition coefficient (Wildman–Crippen LogP) is 3.47. The fraction of sp³-hybridized carbons (Fsp3) is 0.600. The number of nitrogens with zero attached hydrogens (tertiary/aromatic N) is 1. The van der Waals surface area contributed by atoms with Gasteiger partial charge in [-0.05, 0) is 37.6 Å². The van der Waals surface area contributed by atoms with Gasteiger partial charge in [-0.15, -0.1) is 0 Å². The number of rotatable bonds is 5. The second kappa shape index (κ2) is 6.55. The Labute approximate surface area is 115 Å². The number of halogens is 1. The maximum atomic E-state index is 6.36. The van der Waals surface area contributed by atoms with Crippen LogP contribution in [0.15, 0.2) is 24.3 Å². The molecule has 3 heteroatoms. The molecule has 0 bridgehead atoms. The Morgan fingerprint density at radius 3 is 2.50 bits per heavy atom. The minimum Gasteiger partial charge on any atom is -0.313 e. The van der Waals surface area contributed by atoms with Gasteiger partial charge in [0.15, 0.2) is 0 Å². The van der Waals surface area contributed by atoms with Crippen LogP contribution in [-0.4, -0.2) is 30.6 Å². The molecule has 0 saturated carbocycles. The SMILES string of the molecule is CC(C)NC[C@@H](c1ccccc1Cl)N1CCCC1. The lowest BCUT2D eigenvalue weighted by atomic mass is 10.1. The molecule has 1 aromatic carbocycles. The lowest BCUT2D eigenvalue weighted by molar-refractivity contribution is 0.235. The number of likely N-dealkylation sites (tertiary alicyclic amines) is 1. The Balaban J connectivity index is 2.15. The highest BCUT2D eigenvalue weighted by atomic mass is 35.5. The standard InChI is InChI=1S/C15H23ClN2/c1-12(2)17-11-15(18-9-5-6-10-18)13-7-3-4-8-14(13)16/h3-4,7-8,12,15,17H,5-6,9-11H2,1-2H3/t15-/m0/s1. The minimum atomic E-state index is 0.406. The van der Waals surface area contributed by atoms with Crippen LogP contribution in [0.5, 0.6) is 0 Å². The maximum absolute atomic E-state index is 6.36. The molecule has 0 amide bonds. The van der Waals surface area contributed by atoms with Gasteiger partial charge in [-0.25, -0.2) is 0 Å². The van der Waals surface area contributed by atoms with Gasteiger partial charge in [0.05, 0.1) is 0 Å². The van der Waals surface area contributed by atoms with Crippen molar-refractivity contribution in [3.8, 4) is 0 Å². The third kappa shape index (κ3) is 3.47. The van der Waals surface area contributed by atoms with Crippen LogP contribution >= 0.6 is 11.6 Å². The molecule has 1 atom stereocenters. The van der Waals surface area contributed by atoms with Crippen molar-refractivity contribution in [1.82, 2.24) is 10.2 Å². The minimum absolute atomic E-state index is 0.406. The zero-order valence-electron chi connectivity index (χ0n) is 11.3. The molecular formula is C15H23ClN2. The van der Waals surface area contributed by atoms with Crippen LogP contribution in [0.1, 0.15) is 38.3 Å². The smallest absolute Gasteiger partial charge is 0.0487 e. The molecule has 18 heavy (non-hydrogen) atoms. The van der Waals surface area contributed by atoms with E-state index < -0.39 is 0 Å². The zero-order valence-corrected chi connectivity index (χ0v) is 12.1. The van der Waals surface area contributed by atoms with Crippen molar-refractivity contribution >= 4 is 11.6 Å². The fourth-order valence-corrected chi connectivity index (χ4v) is 2.84. The van der Waals surface area contributed by atoms with Crippen LogP contribution < -0.4 is 5.32 Å². The first-order chi connectivity index (χ1) is 8.68. The summed E-state index contributed by atoms with van der Waals surface area (Å²) in [5.74, 6) is 0. The summed E-state index contributed by atoms with van der Waals surface area (Å²) in [7, 11) is 0. The third-order valence-electron chi connectivity index (χ3n) is 3.57. The lowest BCUT2D eigenvalue weighted by Crippen LogP contribution is -2.36. The maximum Gasteiger partial charge on any atom is 0.0487 e. The molecule has 0 radical (unpaired) electrons. The average Bonchev–Trinajstić information content (AvgIpc) is 2.85. The van der Waals surface area contributed by atoms with E-state index in [1.165, 1.54) is 31.5 Å². The van der Waals surface area contributed by atoms with Crippen molar-refractivity contribution in [3.63, 3.8) is 0 Å². The van der Waals surface area contributed by atoms with Crippen molar-refractivity contribution < 1.29 is 0 Å².